The summed E-state index contributed by atoms with van der Waals surface area (Å²) in [6.07, 6.45) is 4.05. The van der Waals surface area contributed by atoms with Crippen LogP contribution in [0.5, 0.6) is 0 Å². The zero-order valence-electron chi connectivity index (χ0n) is 17.7. The van der Waals surface area contributed by atoms with E-state index in [-0.39, 0.29) is 11.8 Å². The van der Waals surface area contributed by atoms with Gasteiger partial charge in [0.05, 0.1) is 12.1 Å². The first kappa shape index (κ1) is 24.2. The van der Waals surface area contributed by atoms with E-state index in [0.29, 0.717) is 58.2 Å². The lowest BCUT2D eigenvalue weighted by atomic mass is 10.1. The Kier molecular flexibility index (Phi) is 9.19. The molecule has 0 saturated carbocycles. The van der Waals surface area contributed by atoms with Gasteiger partial charge in [-0.25, -0.2) is 0 Å². The smallest absolute Gasteiger partial charge is 0.245 e. The van der Waals surface area contributed by atoms with Crippen LogP contribution in [0.3, 0.4) is 0 Å². The zero-order chi connectivity index (χ0) is 22.3. The molecule has 0 radical (unpaired) electrons. The molecule has 2 aliphatic rings. The average molecular weight is 426 g/mol. The molecular weight excluding hydrogens is 390 g/mol. The summed E-state index contributed by atoms with van der Waals surface area (Å²) < 4.78 is 0. The van der Waals surface area contributed by atoms with Gasteiger partial charge in [-0.3, -0.25) is 14.4 Å². The molecule has 6 N–H and O–H groups in total. The third-order valence-corrected chi connectivity index (χ3v) is 5.94. The fourth-order valence-electron chi connectivity index (χ4n) is 4.12. The summed E-state index contributed by atoms with van der Waals surface area (Å²) in [5.74, 6) is -1.15. The summed E-state index contributed by atoms with van der Waals surface area (Å²) >= 11 is 0. The summed E-state index contributed by atoms with van der Waals surface area (Å²) in [7, 11) is 0. The van der Waals surface area contributed by atoms with E-state index in [1.807, 2.05) is 0 Å². The second-order valence-corrected chi connectivity index (χ2v) is 8.18. The van der Waals surface area contributed by atoms with Crippen LogP contribution in [0, 0.1) is 0 Å². The van der Waals surface area contributed by atoms with Crippen LogP contribution in [0.4, 0.5) is 0 Å². The number of aliphatic hydroxyl groups is 1. The van der Waals surface area contributed by atoms with Crippen molar-refractivity contribution in [1.29, 1.82) is 0 Å². The largest absolute Gasteiger partial charge is 0.391 e. The molecule has 2 aliphatic heterocycles. The van der Waals surface area contributed by atoms with E-state index in [0.717, 1.165) is 12.7 Å². The number of aldehydes is 1. The fourth-order valence-corrected chi connectivity index (χ4v) is 4.12. The van der Waals surface area contributed by atoms with E-state index in [1.54, 1.807) is 4.90 Å². The van der Waals surface area contributed by atoms with Gasteiger partial charge in [0.25, 0.3) is 0 Å². The number of amides is 3. The van der Waals surface area contributed by atoms with Crippen molar-refractivity contribution in [3.05, 3.63) is 0 Å². The molecule has 10 nitrogen and oxygen atoms in total. The molecule has 0 bridgehead atoms. The third kappa shape index (κ3) is 5.77. The topological polar surface area (TPSA) is 159 Å². The van der Waals surface area contributed by atoms with Gasteiger partial charge >= 0.3 is 0 Å². The van der Waals surface area contributed by atoms with Crippen LogP contribution < -0.4 is 16.8 Å². The molecule has 10 heteroatoms. The molecule has 2 rings (SSSR count). The predicted molar refractivity (Wildman–Crippen MR) is 110 cm³/mol. The van der Waals surface area contributed by atoms with Crippen molar-refractivity contribution < 1.29 is 24.3 Å². The number of nitrogens with zero attached hydrogens (tertiary/aromatic N) is 2. The second-order valence-electron chi connectivity index (χ2n) is 8.18. The van der Waals surface area contributed by atoms with Gasteiger partial charge in [0.1, 0.15) is 24.4 Å². The molecule has 170 valence electrons. The first-order valence-corrected chi connectivity index (χ1v) is 10.8. The second kappa shape index (κ2) is 11.4. The minimum atomic E-state index is -1.15. The maximum Gasteiger partial charge on any atom is 0.245 e. The molecule has 0 aromatic carbocycles. The normalized spacial score (nSPS) is 24.4. The number of carbonyl (C=O) groups is 4. The van der Waals surface area contributed by atoms with Crippen molar-refractivity contribution in [3.63, 3.8) is 0 Å². The summed E-state index contributed by atoms with van der Waals surface area (Å²) in [6, 6.07) is -3.05. The maximum atomic E-state index is 13.3. The molecule has 2 fully saturated rings. The SMILES string of the molecule is CC(O)[C@H](N)C(=O)N[C@@H](CCCCN)C(=O)N1CCC[C@H]1C(=O)N1CCC[C@H]1C=O. The van der Waals surface area contributed by atoms with Gasteiger partial charge in [0.15, 0.2) is 0 Å². The highest BCUT2D eigenvalue weighted by molar-refractivity contribution is 5.94. The number of likely N-dealkylation sites (tertiary alicyclic amines) is 2. The van der Waals surface area contributed by atoms with Crippen molar-refractivity contribution in [2.45, 2.75) is 82.1 Å². The summed E-state index contributed by atoms with van der Waals surface area (Å²) in [5, 5.41) is 12.2. The Morgan fingerprint density at radius 2 is 1.83 bits per heavy atom. The average Bonchev–Trinajstić information content (AvgIpc) is 3.40. The number of hydrogen-bond acceptors (Lipinski definition) is 7. The lowest BCUT2D eigenvalue weighted by Crippen LogP contribution is -2.57. The molecule has 1 unspecified atom stereocenters. The van der Waals surface area contributed by atoms with Crippen LogP contribution in [-0.4, -0.2) is 88.8 Å². The van der Waals surface area contributed by atoms with Crippen LogP contribution in [0.15, 0.2) is 0 Å². The van der Waals surface area contributed by atoms with Crippen molar-refractivity contribution >= 4 is 24.0 Å². The van der Waals surface area contributed by atoms with Crippen LogP contribution >= 0.6 is 0 Å². The van der Waals surface area contributed by atoms with Gasteiger partial charge in [-0.2, -0.15) is 0 Å². The standard InChI is InChI=1S/C20H35N5O5/c1-13(27)17(22)18(28)23-15(7-2-3-9-21)19(29)25-11-5-8-16(25)20(30)24-10-4-6-14(24)12-26/h12-17,27H,2-11,21-22H2,1H3,(H,23,28)/t13?,14-,15-,16-,17-/m0/s1. The fraction of sp³-hybridized carbons (Fsp3) is 0.800. The predicted octanol–water partition coefficient (Wildman–Crippen LogP) is -1.51. The number of unbranched alkanes of at least 4 members (excludes halogenated alkanes) is 1. The van der Waals surface area contributed by atoms with Gasteiger partial charge in [0.2, 0.25) is 17.7 Å². The van der Waals surface area contributed by atoms with Gasteiger partial charge in [0, 0.05) is 13.1 Å². The lowest BCUT2D eigenvalue weighted by molar-refractivity contribution is -0.147. The molecule has 5 atom stereocenters. The van der Waals surface area contributed by atoms with E-state index in [9.17, 15) is 24.3 Å². The van der Waals surface area contributed by atoms with E-state index < -0.39 is 36.2 Å². The minimum Gasteiger partial charge on any atom is -0.391 e. The summed E-state index contributed by atoms with van der Waals surface area (Å²) in [4.78, 5) is 53.0. The Labute approximate surface area is 177 Å². The van der Waals surface area contributed by atoms with Crippen LogP contribution in [0.25, 0.3) is 0 Å². The van der Waals surface area contributed by atoms with Gasteiger partial charge < -0.3 is 36.5 Å². The van der Waals surface area contributed by atoms with Crippen LogP contribution in [-0.2, 0) is 19.2 Å². The number of rotatable bonds is 10. The molecular formula is C20H35N5O5. The monoisotopic (exact) mass is 425 g/mol. The highest BCUT2D eigenvalue weighted by atomic mass is 16.3. The molecule has 0 aromatic rings. The van der Waals surface area contributed by atoms with Crippen molar-refractivity contribution in [2.24, 2.45) is 11.5 Å². The van der Waals surface area contributed by atoms with Crippen LogP contribution in [0.2, 0.25) is 0 Å². The van der Waals surface area contributed by atoms with E-state index >= 15 is 0 Å². The molecule has 30 heavy (non-hydrogen) atoms. The third-order valence-electron chi connectivity index (χ3n) is 5.94. The van der Waals surface area contributed by atoms with Crippen LogP contribution in [0.1, 0.15) is 51.9 Å². The van der Waals surface area contributed by atoms with Gasteiger partial charge in [-0.15, -0.1) is 0 Å². The molecule has 2 heterocycles. The highest BCUT2D eigenvalue weighted by Crippen LogP contribution is 2.25. The number of nitrogens with one attached hydrogen (secondary N) is 1. The number of hydrogen-bond donors (Lipinski definition) is 4. The maximum absolute atomic E-state index is 13.3. The Morgan fingerprint density at radius 3 is 2.47 bits per heavy atom. The van der Waals surface area contributed by atoms with Crippen molar-refractivity contribution in [1.82, 2.24) is 15.1 Å². The van der Waals surface area contributed by atoms with E-state index in [4.69, 9.17) is 11.5 Å². The Balaban J connectivity index is 2.12. The molecule has 0 aliphatic carbocycles. The molecule has 0 spiro atoms. The quantitative estimate of drug-likeness (QED) is 0.244. The molecule has 0 aromatic heterocycles. The van der Waals surface area contributed by atoms with E-state index in [2.05, 4.69) is 5.32 Å². The molecule has 3 amide bonds. The van der Waals surface area contributed by atoms with Gasteiger partial charge in [-0.05, 0) is 58.4 Å². The summed E-state index contributed by atoms with van der Waals surface area (Å²) in [6.45, 7) is 2.81. The minimum absolute atomic E-state index is 0.205. The number of nitrogens with two attached hydrogens (primary N) is 2. The lowest BCUT2D eigenvalue weighted by Gasteiger charge is -2.32. The highest BCUT2D eigenvalue weighted by Gasteiger charge is 2.42. The van der Waals surface area contributed by atoms with Crippen molar-refractivity contribution in [2.75, 3.05) is 19.6 Å². The summed E-state index contributed by atoms with van der Waals surface area (Å²) in [5.41, 5.74) is 11.3. The zero-order valence-corrected chi connectivity index (χ0v) is 17.7. The Morgan fingerprint density at radius 1 is 1.17 bits per heavy atom. The Bertz CT molecular complexity index is 629. The first-order chi connectivity index (χ1) is 14.3. The number of carbonyl (C=O) groups excluding carboxylic acids is 4. The van der Waals surface area contributed by atoms with E-state index in [1.165, 1.54) is 11.8 Å². The first-order valence-electron chi connectivity index (χ1n) is 10.8. The molecule has 2 saturated heterocycles. The number of aliphatic hydroxyl groups excluding tert-OH is 1. The Hall–Kier alpha value is -2.04. The van der Waals surface area contributed by atoms with Crippen molar-refractivity contribution in [3.8, 4) is 0 Å². The van der Waals surface area contributed by atoms with Gasteiger partial charge in [-0.1, -0.05) is 0 Å².